The van der Waals surface area contributed by atoms with Gasteiger partial charge in [0.2, 0.25) is 0 Å². The zero-order valence-corrected chi connectivity index (χ0v) is 16.7. The highest BCUT2D eigenvalue weighted by atomic mass is 19.2. The monoisotopic (exact) mass is 402 g/mol. The molecule has 0 amide bonds. The summed E-state index contributed by atoms with van der Waals surface area (Å²) < 4.78 is 56.7. The van der Waals surface area contributed by atoms with Gasteiger partial charge in [0, 0.05) is 0 Å². The van der Waals surface area contributed by atoms with Crippen molar-refractivity contribution >= 4 is 6.08 Å². The minimum absolute atomic E-state index is 0.0192. The van der Waals surface area contributed by atoms with Crippen molar-refractivity contribution in [3.05, 3.63) is 64.2 Å². The Kier molecular flexibility index (Phi) is 5.80. The Balaban J connectivity index is 1.62. The first-order chi connectivity index (χ1) is 14.0. The van der Waals surface area contributed by atoms with Gasteiger partial charge >= 0.3 is 0 Å². The number of hydrogen-bond acceptors (Lipinski definition) is 0. The van der Waals surface area contributed by atoms with Crippen LogP contribution in [0.2, 0.25) is 0 Å². The zero-order valence-electron chi connectivity index (χ0n) is 16.7. The molecule has 1 fully saturated rings. The summed E-state index contributed by atoms with van der Waals surface area (Å²) in [6, 6.07) is 4.31. The van der Waals surface area contributed by atoms with E-state index in [1.54, 1.807) is 0 Å². The molecule has 0 bridgehead atoms. The molecule has 2 aliphatic carbocycles. The Hall–Kier alpha value is -2.10. The molecule has 0 heterocycles. The lowest BCUT2D eigenvalue weighted by Crippen LogP contribution is -2.18. The highest BCUT2D eigenvalue weighted by molar-refractivity contribution is 5.71. The van der Waals surface area contributed by atoms with Gasteiger partial charge in [-0.2, -0.15) is 0 Å². The van der Waals surface area contributed by atoms with Crippen molar-refractivity contribution in [3.63, 3.8) is 0 Å². The van der Waals surface area contributed by atoms with E-state index in [1.165, 1.54) is 43.4 Å². The van der Waals surface area contributed by atoms with Crippen LogP contribution >= 0.6 is 0 Å². The van der Waals surface area contributed by atoms with E-state index in [-0.39, 0.29) is 11.1 Å². The van der Waals surface area contributed by atoms with Crippen molar-refractivity contribution in [1.82, 2.24) is 0 Å². The fourth-order valence-electron chi connectivity index (χ4n) is 5.07. The summed E-state index contributed by atoms with van der Waals surface area (Å²) in [6.07, 6.45) is 10.6. The molecule has 4 heteroatoms. The largest absolute Gasteiger partial charge is 0.206 e. The maximum absolute atomic E-state index is 15.2. The van der Waals surface area contributed by atoms with Crippen LogP contribution in [0.3, 0.4) is 0 Å². The van der Waals surface area contributed by atoms with Crippen LogP contribution in [-0.4, -0.2) is 0 Å². The normalized spacial score (nSPS) is 21.6. The highest BCUT2D eigenvalue weighted by Gasteiger charge is 2.27. The summed E-state index contributed by atoms with van der Waals surface area (Å²) in [4.78, 5) is 0. The fourth-order valence-corrected chi connectivity index (χ4v) is 5.07. The van der Waals surface area contributed by atoms with E-state index >= 15 is 4.39 Å². The van der Waals surface area contributed by atoms with Crippen molar-refractivity contribution in [1.29, 1.82) is 0 Å². The van der Waals surface area contributed by atoms with Crippen molar-refractivity contribution in [3.8, 4) is 11.1 Å². The summed E-state index contributed by atoms with van der Waals surface area (Å²) in [5.41, 5.74) is 2.09. The Morgan fingerprint density at radius 1 is 0.862 bits per heavy atom. The van der Waals surface area contributed by atoms with Crippen LogP contribution in [0.25, 0.3) is 17.2 Å². The molecule has 0 spiro atoms. The van der Waals surface area contributed by atoms with Gasteiger partial charge in [-0.25, -0.2) is 17.6 Å². The molecule has 0 atom stereocenters. The predicted octanol–water partition coefficient (Wildman–Crippen LogP) is 7.85. The van der Waals surface area contributed by atoms with Gasteiger partial charge in [-0.3, -0.25) is 0 Å². The van der Waals surface area contributed by atoms with Crippen LogP contribution in [0.5, 0.6) is 0 Å². The first-order valence-corrected chi connectivity index (χ1v) is 10.6. The van der Waals surface area contributed by atoms with E-state index in [0.717, 1.165) is 37.3 Å². The van der Waals surface area contributed by atoms with Gasteiger partial charge in [0.25, 0.3) is 0 Å². The molecule has 2 aliphatic rings. The molecule has 0 nitrogen and oxygen atoms in total. The van der Waals surface area contributed by atoms with E-state index in [4.69, 9.17) is 0 Å². The van der Waals surface area contributed by atoms with Gasteiger partial charge in [0.15, 0.2) is 11.6 Å². The topological polar surface area (TPSA) is 0 Å². The molecule has 0 unspecified atom stereocenters. The molecular weight excluding hydrogens is 376 g/mol. The van der Waals surface area contributed by atoms with Gasteiger partial charge < -0.3 is 0 Å². The second kappa shape index (κ2) is 8.33. The molecule has 1 saturated carbocycles. The van der Waals surface area contributed by atoms with Crippen LogP contribution in [0.1, 0.15) is 63.0 Å². The van der Waals surface area contributed by atoms with Crippen molar-refractivity contribution in [2.75, 3.05) is 0 Å². The fraction of sp³-hybridized carbons (Fsp3) is 0.440. The van der Waals surface area contributed by atoms with Crippen molar-refractivity contribution in [2.24, 2.45) is 11.8 Å². The van der Waals surface area contributed by atoms with E-state index in [9.17, 15) is 13.2 Å². The molecule has 0 saturated heterocycles. The van der Waals surface area contributed by atoms with Gasteiger partial charge in [0.05, 0.1) is 5.56 Å². The summed E-state index contributed by atoms with van der Waals surface area (Å²) in [5.74, 6) is -2.22. The van der Waals surface area contributed by atoms with E-state index in [1.807, 2.05) is 6.08 Å². The molecule has 2 aromatic rings. The Morgan fingerprint density at radius 2 is 1.62 bits per heavy atom. The van der Waals surface area contributed by atoms with E-state index in [2.05, 4.69) is 6.92 Å². The Bertz CT molecular complexity index is 936. The Morgan fingerprint density at radius 3 is 2.31 bits per heavy atom. The van der Waals surface area contributed by atoms with Gasteiger partial charge in [0.1, 0.15) is 11.6 Å². The lowest BCUT2D eigenvalue weighted by molar-refractivity contribution is 0.283. The van der Waals surface area contributed by atoms with Gasteiger partial charge in [-0.15, -0.1) is 0 Å². The third kappa shape index (κ3) is 3.99. The molecular formula is C25H26F4. The van der Waals surface area contributed by atoms with Crippen molar-refractivity contribution < 1.29 is 17.6 Å². The standard InChI is InChI=1S/C25H26F4/c1-2-3-15-4-6-16(7-5-15)17-8-10-20-19(12-17)14-23(28)24(25(20)29)18-9-11-21(26)22(27)13-18/h9,11-16H,2-8,10H2,1H3. The second-order valence-electron chi connectivity index (χ2n) is 8.47. The van der Waals surface area contributed by atoms with Crippen LogP contribution in [-0.2, 0) is 6.42 Å². The van der Waals surface area contributed by atoms with Crippen LogP contribution in [0.15, 0.2) is 29.8 Å². The lowest BCUT2D eigenvalue weighted by Gasteiger charge is -2.32. The number of fused-ring (bicyclic) bond motifs is 1. The minimum atomic E-state index is -1.11. The molecule has 4 rings (SSSR count). The van der Waals surface area contributed by atoms with E-state index in [0.29, 0.717) is 23.5 Å². The van der Waals surface area contributed by atoms with E-state index < -0.39 is 23.3 Å². The molecule has 154 valence electrons. The zero-order chi connectivity index (χ0) is 20.5. The molecule has 2 aromatic carbocycles. The second-order valence-corrected chi connectivity index (χ2v) is 8.47. The smallest absolute Gasteiger partial charge is 0.159 e. The number of rotatable bonds is 4. The number of hydrogen-bond donors (Lipinski definition) is 0. The summed E-state index contributed by atoms with van der Waals surface area (Å²) >= 11 is 0. The molecule has 0 aliphatic heterocycles. The summed E-state index contributed by atoms with van der Waals surface area (Å²) in [5, 5.41) is 0. The average Bonchev–Trinajstić information content (AvgIpc) is 2.71. The third-order valence-corrected chi connectivity index (χ3v) is 6.63. The third-order valence-electron chi connectivity index (χ3n) is 6.63. The number of allylic oxidation sites excluding steroid dienone is 1. The summed E-state index contributed by atoms with van der Waals surface area (Å²) in [6.45, 7) is 2.23. The first-order valence-electron chi connectivity index (χ1n) is 10.6. The van der Waals surface area contributed by atoms with Gasteiger partial charge in [-0.1, -0.05) is 37.5 Å². The number of halogens is 4. The molecule has 0 aromatic heterocycles. The highest BCUT2D eigenvalue weighted by Crippen LogP contribution is 2.41. The lowest BCUT2D eigenvalue weighted by atomic mass is 9.74. The SMILES string of the molecule is CCCC1CCC(C2=Cc3cc(F)c(-c4ccc(F)c(F)c4)c(F)c3CC2)CC1. The molecule has 29 heavy (non-hydrogen) atoms. The van der Waals surface area contributed by atoms with Crippen molar-refractivity contribution in [2.45, 2.75) is 58.3 Å². The van der Waals surface area contributed by atoms with Gasteiger partial charge in [-0.05, 0) is 85.3 Å². The predicted molar refractivity (Wildman–Crippen MR) is 108 cm³/mol. The molecule has 0 radical (unpaired) electrons. The average molecular weight is 402 g/mol. The minimum Gasteiger partial charge on any atom is -0.206 e. The van der Waals surface area contributed by atoms with Crippen LogP contribution in [0.4, 0.5) is 17.6 Å². The Labute approximate surface area is 169 Å². The van der Waals surface area contributed by atoms with Crippen LogP contribution in [0, 0.1) is 35.1 Å². The molecule has 0 N–H and O–H groups in total. The van der Waals surface area contributed by atoms with Crippen LogP contribution < -0.4 is 0 Å². The maximum Gasteiger partial charge on any atom is 0.159 e. The maximum atomic E-state index is 15.2. The first kappa shape index (κ1) is 20.2. The quantitative estimate of drug-likeness (QED) is 0.457. The number of benzene rings is 2. The summed E-state index contributed by atoms with van der Waals surface area (Å²) in [7, 11) is 0.